The molecular weight excluding hydrogens is 238 g/mol. The van der Waals surface area contributed by atoms with Gasteiger partial charge in [-0.2, -0.15) is 0 Å². The number of nitrogens with one attached hydrogen (secondary N) is 1. The summed E-state index contributed by atoms with van der Waals surface area (Å²) in [5.41, 5.74) is 2.60. The Morgan fingerprint density at radius 3 is 2.63 bits per heavy atom. The van der Waals surface area contributed by atoms with E-state index in [1.54, 1.807) is 0 Å². The van der Waals surface area contributed by atoms with Crippen LogP contribution in [-0.4, -0.2) is 19.1 Å². The molecule has 1 saturated carbocycles. The van der Waals surface area contributed by atoms with Gasteiger partial charge < -0.3 is 10.1 Å². The molecule has 3 heteroatoms. The Bertz CT molecular complexity index is 462. The SMILES string of the molecule is COC(=O)c1cc(C)ccc1NC1CC(C(C)C)C1. The van der Waals surface area contributed by atoms with Crippen molar-refractivity contribution in [1.82, 2.24) is 0 Å². The minimum absolute atomic E-state index is 0.272. The largest absolute Gasteiger partial charge is 0.465 e. The average Bonchev–Trinajstić information content (AvgIpc) is 2.33. The highest BCUT2D eigenvalue weighted by Gasteiger charge is 2.31. The van der Waals surface area contributed by atoms with Gasteiger partial charge in [-0.05, 0) is 43.7 Å². The number of carbonyl (C=O) groups excluding carboxylic acids is 1. The van der Waals surface area contributed by atoms with Crippen LogP contribution in [0.3, 0.4) is 0 Å². The Kier molecular flexibility index (Phi) is 4.13. The van der Waals surface area contributed by atoms with Gasteiger partial charge in [0.15, 0.2) is 0 Å². The van der Waals surface area contributed by atoms with Crippen molar-refractivity contribution in [2.24, 2.45) is 11.8 Å². The lowest BCUT2D eigenvalue weighted by molar-refractivity contribution is 0.0601. The van der Waals surface area contributed by atoms with E-state index in [0.29, 0.717) is 11.6 Å². The van der Waals surface area contributed by atoms with Gasteiger partial charge in [-0.25, -0.2) is 4.79 Å². The molecule has 2 rings (SSSR count). The smallest absolute Gasteiger partial charge is 0.339 e. The first kappa shape index (κ1) is 13.9. The summed E-state index contributed by atoms with van der Waals surface area (Å²) >= 11 is 0. The summed E-state index contributed by atoms with van der Waals surface area (Å²) in [7, 11) is 1.42. The highest BCUT2D eigenvalue weighted by Crippen LogP contribution is 2.36. The first-order valence-electron chi connectivity index (χ1n) is 6.96. The molecule has 0 amide bonds. The molecule has 0 aromatic heterocycles. The Morgan fingerprint density at radius 2 is 2.05 bits per heavy atom. The predicted octanol–water partition coefficient (Wildman–Crippen LogP) is 3.63. The Labute approximate surface area is 115 Å². The van der Waals surface area contributed by atoms with Crippen molar-refractivity contribution in [3.63, 3.8) is 0 Å². The number of methoxy groups -OCH3 is 1. The van der Waals surface area contributed by atoms with E-state index in [2.05, 4.69) is 19.2 Å². The fourth-order valence-electron chi connectivity index (χ4n) is 2.61. The quantitative estimate of drug-likeness (QED) is 0.841. The summed E-state index contributed by atoms with van der Waals surface area (Å²) in [6, 6.07) is 6.36. The number of esters is 1. The average molecular weight is 261 g/mol. The van der Waals surface area contributed by atoms with E-state index in [-0.39, 0.29) is 5.97 Å². The Morgan fingerprint density at radius 1 is 1.37 bits per heavy atom. The number of rotatable bonds is 4. The summed E-state index contributed by atoms with van der Waals surface area (Å²) in [6.07, 6.45) is 2.37. The second kappa shape index (κ2) is 5.64. The second-order valence-electron chi connectivity index (χ2n) is 5.86. The summed E-state index contributed by atoms with van der Waals surface area (Å²) in [5, 5.41) is 3.47. The maximum atomic E-state index is 11.8. The van der Waals surface area contributed by atoms with Gasteiger partial charge in [-0.3, -0.25) is 0 Å². The normalized spacial score (nSPS) is 21.9. The number of aryl methyl sites for hydroxylation is 1. The molecule has 104 valence electrons. The summed E-state index contributed by atoms with van der Waals surface area (Å²) < 4.78 is 4.85. The molecule has 1 aromatic rings. The van der Waals surface area contributed by atoms with Gasteiger partial charge in [0.25, 0.3) is 0 Å². The highest BCUT2D eigenvalue weighted by molar-refractivity contribution is 5.95. The lowest BCUT2D eigenvalue weighted by atomic mass is 9.73. The minimum atomic E-state index is -0.272. The molecule has 0 aliphatic heterocycles. The van der Waals surface area contributed by atoms with Gasteiger partial charge in [0.1, 0.15) is 0 Å². The van der Waals surface area contributed by atoms with Crippen molar-refractivity contribution in [3.8, 4) is 0 Å². The van der Waals surface area contributed by atoms with Crippen molar-refractivity contribution in [1.29, 1.82) is 0 Å². The molecule has 0 radical (unpaired) electrons. The van der Waals surface area contributed by atoms with Gasteiger partial charge in [-0.15, -0.1) is 0 Å². The second-order valence-corrected chi connectivity index (χ2v) is 5.86. The molecule has 0 bridgehead atoms. The van der Waals surface area contributed by atoms with E-state index in [1.165, 1.54) is 20.0 Å². The maximum absolute atomic E-state index is 11.8. The third kappa shape index (κ3) is 3.09. The molecule has 0 saturated heterocycles. The van der Waals surface area contributed by atoms with Gasteiger partial charge >= 0.3 is 5.97 Å². The number of hydrogen-bond donors (Lipinski definition) is 1. The van der Waals surface area contributed by atoms with Crippen molar-refractivity contribution >= 4 is 11.7 Å². The first-order valence-corrected chi connectivity index (χ1v) is 6.96. The molecule has 1 N–H and O–H groups in total. The van der Waals surface area contributed by atoms with E-state index < -0.39 is 0 Å². The van der Waals surface area contributed by atoms with Gasteiger partial charge in [0.05, 0.1) is 12.7 Å². The molecule has 1 aromatic carbocycles. The maximum Gasteiger partial charge on any atom is 0.339 e. The van der Waals surface area contributed by atoms with Crippen LogP contribution in [0.25, 0.3) is 0 Å². The zero-order chi connectivity index (χ0) is 14.0. The van der Waals surface area contributed by atoms with Crippen LogP contribution < -0.4 is 5.32 Å². The lowest BCUT2D eigenvalue weighted by Crippen LogP contribution is -2.38. The molecule has 0 unspecified atom stereocenters. The monoisotopic (exact) mass is 261 g/mol. The molecular formula is C16H23NO2. The summed E-state index contributed by atoms with van der Waals surface area (Å²) in [5.74, 6) is 1.28. The van der Waals surface area contributed by atoms with Crippen LogP contribution in [0.5, 0.6) is 0 Å². The molecule has 0 atom stereocenters. The van der Waals surface area contributed by atoms with Gasteiger partial charge in [0, 0.05) is 11.7 Å². The van der Waals surface area contributed by atoms with E-state index >= 15 is 0 Å². The van der Waals surface area contributed by atoms with E-state index in [4.69, 9.17) is 4.74 Å². The van der Waals surface area contributed by atoms with Crippen molar-refractivity contribution in [2.75, 3.05) is 12.4 Å². The van der Waals surface area contributed by atoms with Crippen molar-refractivity contribution < 1.29 is 9.53 Å². The van der Waals surface area contributed by atoms with Gasteiger partial charge in [0.2, 0.25) is 0 Å². The molecule has 0 spiro atoms. The number of ether oxygens (including phenoxy) is 1. The summed E-state index contributed by atoms with van der Waals surface area (Å²) in [6.45, 7) is 6.52. The fraction of sp³-hybridized carbons (Fsp3) is 0.562. The van der Waals surface area contributed by atoms with Crippen LogP contribution in [-0.2, 0) is 4.74 Å². The number of benzene rings is 1. The number of hydrogen-bond acceptors (Lipinski definition) is 3. The molecule has 1 fully saturated rings. The third-order valence-corrected chi connectivity index (χ3v) is 4.06. The molecule has 3 nitrogen and oxygen atoms in total. The zero-order valence-corrected chi connectivity index (χ0v) is 12.2. The predicted molar refractivity (Wildman–Crippen MR) is 77.5 cm³/mol. The van der Waals surface area contributed by atoms with Crippen LogP contribution in [0.1, 0.15) is 42.6 Å². The fourth-order valence-corrected chi connectivity index (χ4v) is 2.61. The Hall–Kier alpha value is -1.51. The van der Waals surface area contributed by atoms with Crippen molar-refractivity contribution in [2.45, 2.75) is 39.7 Å². The molecule has 0 heterocycles. The van der Waals surface area contributed by atoms with E-state index in [1.807, 2.05) is 25.1 Å². The molecule has 19 heavy (non-hydrogen) atoms. The van der Waals surface area contributed by atoms with E-state index in [9.17, 15) is 4.79 Å². The van der Waals surface area contributed by atoms with Gasteiger partial charge in [-0.1, -0.05) is 25.5 Å². The first-order chi connectivity index (χ1) is 9.01. The standard InChI is InChI=1S/C16H23NO2/c1-10(2)12-8-13(9-12)17-15-6-5-11(3)7-14(15)16(18)19-4/h5-7,10,12-13,17H,8-9H2,1-4H3. The topological polar surface area (TPSA) is 38.3 Å². The van der Waals surface area contributed by atoms with Crippen LogP contribution in [0, 0.1) is 18.8 Å². The van der Waals surface area contributed by atoms with Crippen LogP contribution in [0.2, 0.25) is 0 Å². The van der Waals surface area contributed by atoms with E-state index in [0.717, 1.165) is 23.1 Å². The highest BCUT2D eigenvalue weighted by atomic mass is 16.5. The Balaban J connectivity index is 2.07. The summed E-state index contributed by atoms with van der Waals surface area (Å²) in [4.78, 5) is 11.8. The van der Waals surface area contributed by atoms with Crippen LogP contribution >= 0.6 is 0 Å². The van der Waals surface area contributed by atoms with Crippen molar-refractivity contribution in [3.05, 3.63) is 29.3 Å². The molecule has 1 aliphatic carbocycles. The molecule has 1 aliphatic rings. The third-order valence-electron chi connectivity index (χ3n) is 4.06. The number of carbonyl (C=O) groups is 1. The minimum Gasteiger partial charge on any atom is -0.465 e. The van der Waals surface area contributed by atoms with Crippen LogP contribution in [0.4, 0.5) is 5.69 Å². The number of anilines is 1. The zero-order valence-electron chi connectivity index (χ0n) is 12.2. The van der Waals surface area contributed by atoms with Crippen LogP contribution in [0.15, 0.2) is 18.2 Å². The lowest BCUT2D eigenvalue weighted by Gasteiger charge is -2.39.